The minimum absolute atomic E-state index is 0.159. The molecule has 0 spiro atoms. The van der Waals surface area contributed by atoms with Crippen LogP contribution in [0.3, 0.4) is 0 Å². The summed E-state index contributed by atoms with van der Waals surface area (Å²) >= 11 is 0. The van der Waals surface area contributed by atoms with Gasteiger partial charge in [-0.05, 0) is 29.0 Å². The Morgan fingerprint density at radius 1 is 1.04 bits per heavy atom. The van der Waals surface area contributed by atoms with Crippen LogP contribution < -0.4 is 5.32 Å². The van der Waals surface area contributed by atoms with E-state index in [0.717, 1.165) is 16.5 Å². The SMILES string of the molecule is CC(C)C(NC(=O)OCc1ccccc1)n1ccc2ccccc21. The number of fused-ring (bicyclic) bond motifs is 1. The molecule has 24 heavy (non-hydrogen) atoms. The number of hydrogen-bond acceptors (Lipinski definition) is 2. The fraction of sp³-hybridized carbons (Fsp3) is 0.250. The van der Waals surface area contributed by atoms with Crippen molar-refractivity contribution in [2.24, 2.45) is 5.92 Å². The van der Waals surface area contributed by atoms with Crippen molar-refractivity contribution in [3.8, 4) is 0 Å². The minimum atomic E-state index is -0.407. The van der Waals surface area contributed by atoms with Gasteiger partial charge in [0.1, 0.15) is 12.8 Å². The molecule has 0 aliphatic heterocycles. The number of benzene rings is 2. The topological polar surface area (TPSA) is 43.3 Å². The molecule has 0 aliphatic rings. The van der Waals surface area contributed by atoms with Gasteiger partial charge < -0.3 is 14.6 Å². The van der Waals surface area contributed by atoms with Gasteiger partial charge in [0.25, 0.3) is 0 Å². The van der Waals surface area contributed by atoms with Crippen LogP contribution in [0.4, 0.5) is 4.79 Å². The Morgan fingerprint density at radius 3 is 2.50 bits per heavy atom. The van der Waals surface area contributed by atoms with Crippen molar-refractivity contribution in [3.63, 3.8) is 0 Å². The summed E-state index contributed by atoms with van der Waals surface area (Å²) < 4.78 is 7.44. The molecule has 1 amide bonds. The van der Waals surface area contributed by atoms with Gasteiger partial charge in [0.2, 0.25) is 0 Å². The van der Waals surface area contributed by atoms with Crippen molar-refractivity contribution < 1.29 is 9.53 Å². The lowest BCUT2D eigenvalue weighted by atomic mass is 10.1. The highest BCUT2D eigenvalue weighted by Gasteiger charge is 2.20. The van der Waals surface area contributed by atoms with Crippen LogP contribution in [-0.2, 0) is 11.3 Å². The molecule has 4 nitrogen and oxygen atoms in total. The van der Waals surface area contributed by atoms with Gasteiger partial charge in [0.15, 0.2) is 0 Å². The Hall–Kier alpha value is -2.75. The molecule has 0 aliphatic carbocycles. The molecule has 1 aromatic heterocycles. The molecule has 0 radical (unpaired) electrons. The molecule has 0 saturated carbocycles. The zero-order valence-electron chi connectivity index (χ0n) is 14.0. The molecule has 124 valence electrons. The van der Waals surface area contributed by atoms with Crippen molar-refractivity contribution in [2.45, 2.75) is 26.6 Å². The third kappa shape index (κ3) is 3.59. The molecule has 0 fully saturated rings. The molecule has 1 atom stereocenters. The first-order valence-electron chi connectivity index (χ1n) is 8.18. The second-order valence-corrected chi connectivity index (χ2v) is 6.18. The number of amides is 1. The maximum absolute atomic E-state index is 12.2. The van der Waals surface area contributed by atoms with E-state index in [-0.39, 0.29) is 18.7 Å². The normalized spacial score (nSPS) is 12.3. The molecule has 0 saturated heterocycles. The first kappa shape index (κ1) is 16.1. The lowest BCUT2D eigenvalue weighted by Gasteiger charge is -2.25. The summed E-state index contributed by atoms with van der Waals surface area (Å²) in [5, 5.41) is 4.14. The van der Waals surface area contributed by atoms with Gasteiger partial charge in [0, 0.05) is 11.7 Å². The zero-order valence-corrected chi connectivity index (χ0v) is 14.0. The molecule has 3 rings (SSSR count). The number of alkyl carbamates (subject to hydrolysis) is 1. The fourth-order valence-corrected chi connectivity index (χ4v) is 2.79. The number of rotatable bonds is 5. The van der Waals surface area contributed by atoms with Crippen LogP contribution in [0.25, 0.3) is 10.9 Å². The van der Waals surface area contributed by atoms with E-state index in [1.165, 1.54) is 0 Å². The first-order chi connectivity index (χ1) is 11.6. The molecular formula is C20H22N2O2. The highest BCUT2D eigenvalue weighted by atomic mass is 16.5. The Labute approximate surface area is 142 Å². The van der Waals surface area contributed by atoms with Crippen LogP contribution in [0.2, 0.25) is 0 Å². The summed E-state index contributed by atoms with van der Waals surface area (Å²) in [6, 6.07) is 19.9. The highest BCUT2D eigenvalue weighted by molar-refractivity contribution is 5.80. The Balaban J connectivity index is 1.71. The minimum Gasteiger partial charge on any atom is -0.445 e. The standard InChI is InChI=1S/C20H22N2O2/c1-15(2)19(22-13-12-17-10-6-7-11-18(17)22)21-20(23)24-14-16-8-4-3-5-9-16/h3-13,15,19H,14H2,1-2H3,(H,21,23). The van der Waals surface area contributed by atoms with Crippen LogP contribution in [0.15, 0.2) is 66.9 Å². The maximum atomic E-state index is 12.2. The highest BCUT2D eigenvalue weighted by Crippen LogP contribution is 2.23. The van der Waals surface area contributed by atoms with E-state index in [1.807, 2.05) is 48.7 Å². The number of para-hydroxylation sites is 1. The van der Waals surface area contributed by atoms with Crippen LogP contribution in [0.5, 0.6) is 0 Å². The lowest BCUT2D eigenvalue weighted by Crippen LogP contribution is -2.35. The van der Waals surface area contributed by atoms with Crippen molar-refractivity contribution in [1.82, 2.24) is 9.88 Å². The van der Waals surface area contributed by atoms with Gasteiger partial charge in [-0.2, -0.15) is 0 Å². The molecule has 1 N–H and O–H groups in total. The molecule has 2 aromatic carbocycles. The molecule has 1 unspecified atom stereocenters. The van der Waals surface area contributed by atoms with Crippen LogP contribution in [-0.4, -0.2) is 10.7 Å². The van der Waals surface area contributed by atoms with E-state index >= 15 is 0 Å². The summed E-state index contributed by atoms with van der Waals surface area (Å²) in [4.78, 5) is 12.2. The predicted octanol–water partition coefficient (Wildman–Crippen LogP) is 4.72. The Morgan fingerprint density at radius 2 is 1.75 bits per heavy atom. The quantitative estimate of drug-likeness (QED) is 0.738. The van der Waals surface area contributed by atoms with Crippen molar-refractivity contribution in [3.05, 3.63) is 72.4 Å². The molecule has 3 aromatic rings. The van der Waals surface area contributed by atoms with Gasteiger partial charge in [-0.25, -0.2) is 4.79 Å². The molecule has 4 heteroatoms. The summed E-state index contributed by atoms with van der Waals surface area (Å²) in [6.07, 6.45) is 1.44. The summed E-state index contributed by atoms with van der Waals surface area (Å²) in [5.41, 5.74) is 2.07. The van der Waals surface area contributed by atoms with E-state index in [9.17, 15) is 4.79 Å². The molecule has 0 bridgehead atoms. The van der Waals surface area contributed by atoms with Crippen LogP contribution >= 0.6 is 0 Å². The number of ether oxygens (including phenoxy) is 1. The largest absolute Gasteiger partial charge is 0.445 e. The monoisotopic (exact) mass is 322 g/mol. The number of nitrogens with zero attached hydrogens (tertiary/aromatic N) is 1. The van der Waals surface area contributed by atoms with Gasteiger partial charge in [-0.15, -0.1) is 0 Å². The van der Waals surface area contributed by atoms with Crippen LogP contribution in [0.1, 0.15) is 25.6 Å². The summed E-state index contributed by atoms with van der Waals surface area (Å²) in [5.74, 6) is 0.227. The molecular weight excluding hydrogens is 300 g/mol. The van der Waals surface area contributed by atoms with E-state index in [1.54, 1.807) is 0 Å². The number of hydrogen-bond donors (Lipinski definition) is 1. The average Bonchev–Trinajstić information content (AvgIpc) is 3.02. The van der Waals surface area contributed by atoms with E-state index in [4.69, 9.17) is 4.74 Å². The van der Waals surface area contributed by atoms with Crippen molar-refractivity contribution in [2.75, 3.05) is 0 Å². The summed E-state index contributed by atoms with van der Waals surface area (Å²) in [6.45, 7) is 4.43. The average molecular weight is 322 g/mol. The Kier molecular flexibility index (Phi) is 4.85. The smallest absolute Gasteiger partial charge is 0.409 e. The number of nitrogens with one attached hydrogen (secondary N) is 1. The van der Waals surface area contributed by atoms with E-state index < -0.39 is 6.09 Å². The zero-order chi connectivity index (χ0) is 16.9. The second kappa shape index (κ2) is 7.21. The number of aromatic nitrogens is 1. The van der Waals surface area contributed by atoms with Gasteiger partial charge in [0.05, 0.1) is 0 Å². The summed E-state index contributed by atoms with van der Waals surface area (Å²) in [7, 11) is 0. The third-order valence-electron chi connectivity index (χ3n) is 4.04. The van der Waals surface area contributed by atoms with E-state index in [2.05, 4.69) is 41.9 Å². The second-order valence-electron chi connectivity index (χ2n) is 6.18. The van der Waals surface area contributed by atoms with E-state index in [0.29, 0.717) is 0 Å². The third-order valence-corrected chi connectivity index (χ3v) is 4.04. The van der Waals surface area contributed by atoms with Gasteiger partial charge in [-0.1, -0.05) is 62.4 Å². The van der Waals surface area contributed by atoms with Crippen molar-refractivity contribution in [1.29, 1.82) is 0 Å². The first-order valence-corrected chi connectivity index (χ1v) is 8.18. The predicted molar refractivity (Wildman–Crippen MR) is 95.6 cm³/mol. The van der Waals surface area contributed by atoms with Crippen LogP contribution in [0, 0.1) is 5.92 Å². The lowest BCUT2D eigenvalue weighted by molar-refractivity contribution is 0.127. The fourth-order valence-electron chi connectivity index (χ4n) is 2.79. The molecule has 1 heterocycles. The Bertz CT molecular complexity index is 809. The number of carbonyl (C=O) groups is 1. The van der Waals surface area contributed by atoms with Gasteiger partial charge in [-0.3, -0.25) is 0 Å². The van der Waals surface area contributed by atoms with Crippen molar-refractivity contribution >= 4 is 17.0 Å². The maximum Gasteiger partial charge on any atom is 0.409 e. The van der Waals surface area contributed by atoms with Gasteiger partial charge >= 0.3 is 6.09 Å². The number of carbonyl (C=O) groups excluding carboxylic acids is 1.